The highest BCUT2D eigenvalue weighted by molar-refractivity contribution is 5.80. The second-order valence-electron chi connectivity index (χ2n) is 3.49. The fourth-order valence-corrected chi connectivity index (χ4v) is 1.09. The first-order chi connectivity index (χ1) is 8.69. The zero-order valence-electron chi connectivity index (χ0n) is 9.24. The van der Waals surface area contributed by atoms with Crippen molar-refractivity contribution in [3.63, 3.8) is 0 Å². The molecule has 9 heteroatoms. The Morgan fingerprint density at radius 2 is 1.63 bits per heavy atom. The molecule has 0 aliphatic rings. The van der Waals surface area contributed by atoms with E-state index in [4.69, 9.17) is 0 Å². The maximum absolute atomic E-state index is 13.1. The Balaban J connectivity index is 2.53. The number of benzene rings is 1. The van der Waals surface area contributed by atoms with Crippen molar-refractivity contribution in [2.75, 3.05) is 18.4 Å². The van der Waals surface area contributed by atoms with Crippen LogP contribution < -0.4 is 10.6 Å². The van der Waals surface area contributed by atoms with E-state index in [2.05, 4.69) is 5.32 Å². The molecule has 0 unspecified atom stereocenters. The highest BCUT2D eigenvalue weighted by atomic mass is 19.4. The fraction of sp³-hybridized carbons (Fsp3) is 0.300. The van der Waals surface area contributed by atoms with E-state index >= 15 is 0 Å². The molecule has 1 aromatic rings. The Bertz CT molecular complexity index is 474. The molecule has 0 saturated heterocycles. The quantitative estimate of drug-likeness (QED) is 0.658. The molecule has 1 rings (SSSR count). The predicted molar refractivity (Wildman–Crippen MR) is 53.9 cm³/mol. The second kappa shape index (κ2) is 5.81. The number of hydrogen-bond acceptors (Lipinski definition) is 2. The van der Waals surface area contributed by atoms with Crippen LogP contribution >= 0.6 is 0 Å². The van der Waals surface area contributed by atoms with E-state index in [1.165, 1.54) is 5.32 Å². The molecule has 0 heterocycles. The maximum Gasteiger partial charge on any atom is 0.405 e. The first-order valence-electron chi connectivity index (χ1n) is 4.91. The number of hydrogen-bond donors (Lipinski definition) is 2. The number of nitrogens with one attached hydrogen (secondary N) is 2. The van der Waals surface area contributed by atoms with Crippen LogP contribution in [0, 0.1) is 17.5 Å². The minimum atomic E-state index is -4.57. The third-order valence-electron chi connectivity index (χ3n) is 1.94. The summed E-state index contributed by atoms with van der Waals surface area (Å²) in [6.07, 6.45) is -4.57. The molecule has 19 heavy (non-hydrogen) atoms. The van der Waals surface area contributed by atoms with Gasteiger partial charge in [0.2, 0.25) is 5.91 Å². The molecule has 0 aliphatic carbocycles. The van der Waals surface area contributed by atoms with E-state index in [9.17, 15) is 31.1 Å². The Kier molecular flexibility index (Phi) is 4.62. The van der Waals surface area contributed by atoms with E-state index in [-0.39, 0.29) is 6.07 Å². The average Bonchev–Trinajstić information content (AvgIpc) is 2.28. The van der Waals surface area contributed by atoms with Gasteiger partial charge in [-0.1, -0.05) is 0 Å². The fourth-order valence-electron chi connectivity index (χ4n) is 1.09. The van der Waals surface area contributed by atoms with Gasteiger partial charge < -0.3 is 10.6 Å². The average molecular weight is 286 g/mol. The molecule has 0 bridgehead atoms. The number of rotatable bonds is 4. The van der Waals surface area contributed by atoms with Crippen LogP contribution in [0.4, 0.5) is 32.0 Å². The molecule has 106 valence electrons. The number of alkyl halides is 3. The lowest BCUT2D eigenvalue weighted by atomic mass is 10.3. The standard InChI is InChI=1S/C10H8F6N2O/c11-5-1-7(13)8(2-6(5)12)17-3-9(19)18-4-10(14,15)16/h1-2,17H,3-4H2,(H,18,19). The molecule has 0 aliphatic heterocycles. The molecule has 0 fully saturated rings. The summed E-state index contributed by atoms with van der Waals surface area (Å²) in [6.45, 7) is -2.24. The first-order valence-corrected chi connectivity index (χ1v) is 4.91. The highest BCUT2D eigenvalue weighted by Gasteiger charge is 2.27. The van der Waals surface area contributed by atoms with Gasteiger partial charge in [0, 0.05) is 12.1 Å². The molecule has 0 radical (unpaired) electrons. The van der Waals surface area contributed by atoms with Crippen molar-refractivity contribution >= 4 is 11.6 Å². The largest absolute Gasteiger partial charge is 0.405 e. The van der Waals surface area contributed by atoms with Gasteiger partial charge in [0.1, 0.15) is 12.4 Å². The Morgan fingerprint density at radius 3 is 2.21 bits per heavy atom. The first kappa shape index (κ1) is 15.1. The van der Waals surface area contributed by atoms with Crippen molar-refractivity contribution in [2.24, 2.45) is 0 Å². The molecule has 3 nitrogen and oxygen atoms in total. The number of amides is 1. The van der Waals surface area contributed by atoms with Gasteiger partial charge in [-0.3, -0.25) is 4.79 Å². The van der Waals surface area contributed by atoms with Crippen molar-refractivity contribution in [3.05, 3.63) is 29.6 Å². The number of anilines is 1. The molecule has 1 aromatic carbocycles. The Hall–Kier alpha value is -1.93. The summed E-state index contributed by atoms with van der Waals surface area (Å²) in [4.78, 5) is 11.0. The van der Waals surface area contributed by atoms with Crippen molar-refractivity contribution in [1.82, 2.24) is 5.32 Å². The van der Waals surface area contributed by atoms with Crippen molar-refractivity contribution in [3.8, 4) is 0 Å². The van der Waals surface area contributed by atoms with Gasteiger partial charge >= 0.3 is 6.18 Å². The van der Waals surface area contributed by atoms with Crippen molar-refractivity contribution in [1.29, 1.82) is 0 Å². The van der Waals surface area contributed by atoms with Crippen LogP contribution in [0.25, 0.3) is 0 Å². The lowest BCUT2D eigenvalue weighted by Gasteiger charge is -2.10. The van der Waals surface area contributed by atoms with Gasteiger partial charge in [-0.15, -0.1) is 0 Å². The molecular formula is C10H8F6N2O. The van der Waals surface area contributed by atoms with Gasteiger partial charge in [-0.2, -0.15) is 13.2 Å². The smallest absolute Gasteiger partial charge is 0.374 e. The molecule has 1 amide bonds. The normalized spacial score (nSPS) is 11.3. The Morgan fingerprint density at radius 1 is 1.05 bits per heavy atom. The van der Waals surface area contributed by atoms with Crippen LogP contribution in [0.2, 0.25) is 0 Å². The molecule has 0 aromatic heterocycles. The summed E-state index contributed by atoms with van der Waals surface area (Å²) in [6, 6.07) is 0.715. The summed E-state index contributed by atoms with van der Waals surface area (Å²) in [5, 5.41) is 3.58. The minimum absolute atomic E-state index is 0.255. The van der Waals surface area contributed by atoms with E-state index < -0.39 is 48.3 Å². The maximum atomic E-state index is 13.1. The molecule has 0 atom stereocenters. The van der Waals surface area contributed by atoms with E-state index in [1.54, 1.807) is 0 Å². The van der Waals surface area contributed by atoms with Crippen LogP contribution in [0.3, 0.4) is 0 Å². The summed E-state index contributed by atoms with van der Waals surface area (Å²) < 4.78 is 73.7. The summed E-state index contributed by atoms with van der Waals surface area (Å²) in [5.41, 5.74) is -0.527. The van der Waals surface area contributed by atoms with Gasteiger partial charge in [-0.05, 0) is 0 Å². The van der Waals surface area contributed by atoms with Crippen molar-refractivity contribution in [2.45, 2.75) is 6.18 Å². The topological polar surface area (TPSA) is 41.1 Å². The minimum Gasteiger partial charge on any atom is -0.374 e. The van der Waals surface area contributed by atoms with Gasteiger partial charge in [0.05, 0.1) is 12.2 Å². The van der Waals surface area contributed by atoms with Crippen LogP contribution in [0.5, 0.6) is 0 Å². The third-order valence-corrected chi connectivity index (χ3v) is 1.94. The summed E-state index contributed by atoms with van der Waals surface area (Å²) in [5.74, 6) is -4.99. The predicted octanol–water partition coefficient (Wildman–Crippen LogP) is 2.19. The third kappa shape index (κ3) is 5.06. The highest BCUT2D eigenvalue weighted by Crippen LogP contribution is 2.18. The number of halogens is 6. The molecular weight excluding hydrogens is 278 g/mol. The van der Waals surface area contributed by atoms with Crippen molar-refractivity contribution < 1.29 is 31.1 Å². The van der Waals surface area contributed by atoms with E-state index in [0.29, 0.717) is 6.07 Å². The van der Waals surface area contributed by atoms with E-state index in [0.717, 1.165) is 0 Å². The summed E-state index contributed by atoms with van der Waals surface area (Å²) in [7, 11) is 0. The Labute approximate surface area is 103 Å². The van der Waals surface area contributed by atoms with Gasteiger partial charge in [-0.25, -0.2) is 13.2 Å². The number of carbonyl (C=O) groups is 1. The SMILES string of the molecule is O=C(CNc1cc(F)c(F)cc1F)NCC(F)(F)F. The number of carbonyl (C=O) groups excluding carboxylic acids is 1. The second-order valence-corrected chi connectivity index (χ2v) is 3.49. The van der Waals surface area contributed by atoms with Gasteiger partial charge in [0.25, 0.3) is 0 Å². The monoisotopic (exact) mass is 286 g/mol. The lowest BCUT2D eigenvalue weighted by Crippen LogP contribution is -2.37. The summed E-state index contributed by atoms with van der Waals surface area (Å²) >= 11 is 0. The van der Waals surface area contributed by atoms with Gasteiger partial charge in [0.15, 0.2) is 11.6 Å². The van der Waals surface area contributed by atoms with Crippen LogP contribution in [-0.2, 0) is 4.79 Å². The van der Waals surface area contributed by atoms with E-state index in [1.807, 2.05) is 0 Å². The van der Waals surface area contributed by atoms with Crippen LogP contribution in [0.15, 0.2) is 12.1 Å². The zero-order valence-corrected chi connectivity index (χ0v) is 9.24. The molecule has 0 spiro atoms. The van der Waals surface area contributed by atoms with Crippen LogP contribution in [-0.4, -0.2) is 25.2 Å². The molecule has 0 saturated carbocycles. The zero-order chi connectivity index (χ0) is 14.6. The molecule has 2 N–H and O–H groups in total. The van der Waals surface area contributed by atoms with Crippen LogP contribution in [0.1, 0.15) is 0 Å². The lowest BCUT2D eigenvalue weighted by molar-refractivity contribution is -0.137.